The summed E-state index contributed by atoms with van der Waals surface area (Å²) in [6.07, 6.45) is 5.81. The topological polar surface area (TPSA) is 96.1 Å². The molecule has 0 radical (unpaired) electrons. The molecule has 33 heavy (non-hydrogen) atoms. The third-order valence-electron chi connectivity index (χ3n) is 6.06. The second-order valence-electron chi connectivity index (χ2n) is 9.30. The number of hydrogen-bond donors (Lipinski definition) is 1. The van der Waals surface area contributed by atoms with Gasteiger partial charge in [-0.1, -0.05) is 45.5 Å². The van der Waals surface area contributed by atoms with Gasteiger partial charge in [-0.3, -0.25) is 19.6 Å². The number of carbonyl (C=O) groups is 1. The number of benzene rings is 1. The zero-order valence-corrected chi connectivity index (χ0v) is 19.6. The Morgan fingerprint density at radius 2 is 1.97 bits per heavy atom. The van der Waals surface area contributed by atoms with Gasteiger partial charge in [-0.2, -0.15) is 10.5 Å². The minimum Gasteiger partial charge on any atom is -0.390 e. The number of aromatic nitrogens is 1. The van der Waals surface area contributed by atoms with Crippen LogP contribution in [0.2, 0.25) is 0 Å². The number of rotatable bonds is 6. The van der Waals surface area contributed by atoms with E-state index in [2.05, 4.69) is 49.9 Å². The largest absolute Gasteiger partial charge is 0.390 e. The monoisotopic (exact) mass is 442 g/mol. The highest BCUT2D eigenvalue weighted by Crippen LogP contribution is 2.35. The molecule has 1 aliphatic heterocycles. The Bertz CT molecular complexity index is 1070. The summed E-state index contributed by atoms with van der Waals surface area (Å²) < 4.78 is 0. The van der Waals surface area contributed by atoms with Gasteiger partial charge in [-0.05, 0) is 41.2 Å². The zero-order chi connectivity index (χ0) is 24.2. The second kappa shape index (κ2) is 9.75. The summed E-state index contributed by atoms with van der Waals surface area (Å²) >= 11 is 0. The van der Waals surface area contributed by atoms with Gasteiger partial charge in [0.2, 0.25) is 0 Å². The van der Waals surface area contributed by atoms with E-state index in [1.54, 1.807) is 24.3 Å². The standard InChI is InChI=1S/C26H30N6O/c1-18(29-5)24(20-7-6-12-30-15-20)32(22-10-8-21(9-11-22)26(2,3)4)25(33)23-13-19(14-27)16-31(23)17-28/h6-12,15,19,23-24,29H,1,13,16H2,2-5H3. The van der Waals surface area contributed by atoms with Crippen molar-refractivity contribution in [2.24, 2.45) is 5.92 Å². The Kier molecular flexibility index (Phi) is 7.04. The van der Waals surface area contributed by atoms with Gasteiger partial charge in [-0.25, -0.2) is 0 Å². The van der Waals surface area contributed by atoms with E-state index >= 15 is 0 Å². The summed E-state index contributed by atoms with van der Waals surface area (Å²) in [4.78, 5) is 21.4. The molecule has 1 aromatic heterocycles. The Balaban J connectivity index is 2.13. The average molecular weight is 443 g/mol. The molecule has 1 aromatic carbocycles. The van der Waals surface area contributed by atoms with Crippen LogP contribution in [0.15, 0.2) is 61.1 Å². The molecule has 0 aliphatic carbocycles. The quantitative estimate of drug-likeness (QED) is 0.682. The lowest BCUT2D eigenvalue weighted by molar-refractivity contribution is -0.122. The molecule has 3 unspecified atom stereocenters. The smallest absolute Gasteiger partial charge is 0.251 e. The summed E-state index contributed by atoms with van der Waals surface area (Å²) in [7, 11) is 1.76. The van der Waals surface area contributed by atoms with Crippen LogP contribution in [-0.4, -0.2) is 35.4 Å². The van der Waals surface area contributed by atoms with E-state index in [-0.39, 0.29) is 23.8 Å². The van der Waals surface area contributed by atoms with Crippen LogP contribution in [0, 0.1) is 28.7 Å². The molecular formula is C26H30N6O. The van der Waals surface area contributed by atoms with Gasteiger partial charge in [0.25, 0.3) is 5.91 Å². The molecule has 1 aliphatic rings. The number of nitrogens with one attached hydrogen (secondary N) is 1. The Morgan fingerprint density at radius 3 is 2.48 bits per heavy atom. The summed E-state index contributed by atoms with van der Waals surface area (Å²) in [6, 6.07) is 12.6. The number of likely N-dealkylation sites (tertiary alicyclic amines) is 1. The fourth-order valence-electron chi connectivity index (χ4n) is 4.14. The van der Waals surface area contributed by atoms with E-state index in [1.807, 2.05) is 36.4 Å². The number of hydrogen-bond acceptors (Lipinski definition) is 6. The zero-order valence-electron chi connectivity index (χ0n) is 19.6. The van der Waals surface area contributed by atoms with Crippen molar-refractivity contribution >= 4 is 11.6 Å². The third kappa shape index (κ3) is 4.99. The number of nitriles is 2. The number of nitrogens with zero attached hydrogens (tertiary/aromatic N) is 5. The molecule has 170 valence electrons. The maximum absolute atomic E-state index is 14.0. The highest BCUT2D eigenvalue weighted by Gasteiger charge is 2.42. The van der Waals surface area contributed by atoms with Crippen molar-refractivity contribution in [2.45, 2.75) is 44.7 Å². The van der Waals surface area contributed by atoms with Crippen molar-refractivity contribution in [3.05, 3.63) is 72.2 Å². The molecular weight excluding hydrogens is 412 g/mol. The van der Waals surface area contributed by atoms with Crippen LogP contribution in [-0.2, 0) is 10.2 Å². The summed E-state index contributed by atoms with van der Waals surface area (Å²) in [5, 5.41) is 22.1. The molecule has 1 fully saturated rings. The van der Waals surface area contributed by atoms with Gasteiger partial charge >= 0.3 is 0 Å². The maximum atomic E-state index is 14.0. The van der Waals surface area contributed by atoms with Crippen LogP contribution in [0.4, 0.5) is 5.69 Å². The van der Waals surface area contributed by atoms with E-state index in [1.165, 1.54) is 4.90 Å². The van der Waals surface area contributed by atoms with Crippen LogP contribution in [0.5, 0.6) is 0 Å². The molecule has 0 spiro atoms. The van der Waals surface area contributed by atoms with Crippen molar-refractivity contribution in [3.8, 4) is 12.3 Å². The van der Waals surface area contributed by atoms with Crippen LogP contribution in [0.3, 0.4) is 0 Å². The van der Waals surface area contributed by atoms with E-state index in [0.29, 0.717) is 17.8 Å². The van der Waals surface area contributed by atoms with Gasteiger partial charge in [0.1, 0.15) is 12.1 Å². The van der Waals surface area contributed by atoms with Gasteiger partial charge in [0.05, 0.1) is 12.0 Å². The molecule has 7 heteroatoms. The molecule has 0 bridgehead atoms. The first-order valence-electron chi connectivity index (χ1n) is 11.0. The van der Waals surface area contributed by atoms with Gasteiger partial charge in [0, 0.05) is 37.4 Å². The number of pyridine rings is 1. The molecule has 3 rings (SSSR count). The lowest BCUT2D eigenvalue weighted by atomic mass is 9.87. The molecule has 2 aromatic rings. The van der Waals surface area contributed by atoms with Crippen molar-refractivity contribution in [2.75, 3.05) is 18.5 Å². The lowest BCUT2D eigenvalue weighted by Gasteiger charge is -2.36. The van der Waals surface area contributed by atoms with Crippen molar-refractivity contribution in [1.82, 2.24) is 15.2 Å². The summed E-state index contributed by atoms with van der Waals surface area (Å²) in [5.41, 5.74) is 3.22. The molecule has 7 nitrogen and oxygen atoms in total. The summed E-state index contributed by atoms with van der Waals surface area (Å²) in [5.74, 6) is -0.615. The average Bonchev–Trinajstić information content (AvgIpc) is 3.25. The van der Waals surface area contributed by atoms with Gasteiger partial charge < -0.3 is 5.32 Å². The van der Waals surface area contributed by atoms with Gasteiger partial charge in [-0.15, -0.1) is 0 Å². The Hall–Kier alpha value is -3.84. The van der Waals surface area contributed by atoms with Crippen molar-refractivity contribution in [1.29, 1.82) is 10.5 Å². The number of amides is 1. The predicted molar refractivity (Wildman–Crippen MR) is 128 cm³/mol. The summed E-state index contributed by atoms with van der Waals surface area (Å²) in [6.45, 7) is 10.8. The minimum absolute atomic E-state index is 0.0340. The predicted octanol–water partition coefficient (Wildman–Crippen LogP) is 3.88. The van der Waals surface area contributed by atoms with Crippen molar-refractivity contribution < 1.29 is 4.79 Å². The van der Waals surface area contributed by atoms with Crippen LogP contribution in [0.25, 0.3) is 0 Å². The highest BCUT2D eigenvalue weighted by atomic mass is 16.2. The van der Waals surface area contributed by atoms with Crippen LogP contribution < -0.4 is 10.2 Å². The highest BCUT2D eigenvalue weighted by molar-refractivity contribution is 5.99. The molecule has 1 saturated heterocycles. The Morgan fingerprint density at radius 1 is 1.27 bits per heavy atom. The third-order valence-corrected chi connectivity index (χ3v) is 6.06. The molecule has 1 amide bonds. The maximum Gasteiger partial charge on any atom is 0.251 e. The minimum atomic E-state index is -0.717. The number of likely N-dealkylation sites (N-methyl/N-ethyl adjacent to an activating group) is 1. The first-order valence-corrected chi connectivity index (χ1v) is 11.0. The Labute approximate surface area is 196 Å². The van der Waals surface area contributed by atoms with E-state index in [9.17, 15) is 15.3 Å². The van der Waals surface area contributed by atoms with E-state index in [4.69, 9.17) is 0 Å². The lowest BCUT2D eigenvalue weighted by Crippen LogP contribution is -2.47. The molecule has 1 N–H and O–H groups in total. The second-order valence-corrected chi connectivity index (χ2v) is 9.30. The fraction of sp³-hybridized carbons (Fsp3) is 0.385. The number of anilines is 1. The normalized spacial score (nSPS) is 18.7. The molecule has 3 atom stereocenters. The van der Waals surface area contributed by atoms with Crippen LogP contribution >= 0.6 is 0 Å². The van der Waals surface area contributed by atoms with Gasteiger partial charge in [0.15, 0.2) is 6.19 Å². The van der Waals surface area contributed by atoms with Crippen molar-refractivity contribution in [3.63, 3.8) is 0 Å². The first-order chi connectivity index (χ1) is 15.7. The SMILES string of the molecule is C=C(NC)C(c1cccnc1)N(C(=O)C1CC(C#N)CN1C#N)c1ccc(C(C)(C)C)cc1. The molecule has 2 heterocycles. The van der Waals surface area contributed by atoms with E-state index < -0.39 is 12.1 Å². The number of carbonyl (C=O) groups excluding carboxylic acids is 1. The molecule has 0 saturated carbocycles. The first kappa shape index (κ1) is 23.8. The van der Waals surface area contributed by atoms with Crippen LogP contribution in [0.1, 0.15) is 44.4 Å². The van der Waals surface area contributed by atoms with E-state index in [0.717, 1.165) is 11.1 Å². The fourth-order valence-corrected chi connectivity index (χ4v) is 4.14.